The highest BCUT2D eigenvalue weighted by Crippen LogP contribution is 2.21. The smallest absolute Gasteiger partial charge is 0.366 e. The molecule has 3 nitrogen and oxygen atoms in total. The van der Waals surface area contributed by atoms with Crippen LogP contribution in [0.2, 0.25) is 0 Å². The summed E-state index contributed by atoms with van der Waals surface area (Å²) in [4.78, 5) is 15.8. The third-order valence-electron chi connectivity index (χ3n) is 2.81. The van der Waals surface area contributed by atoms with E-state index in [1.54, 1.807) is 6.07 Å². The third kappa shape index (κ3) is 1.52. The molecule has 82 valence electrons. The van der Waals surface area contributed by atoms with Gasteiger partial charge in [-0.2, -0.15) is 0 Å². The number of rotatable bonds is 1. The average Bonchev–Trinajstić information content (AvgIpc) is 2.35. The average molecular weight is 223 g/mol. The molecule has 0 atom stereocenters. The minimum Gasteiger partial charge on any atom is -0.366 e. The summed E-state index contributed by atoms with van der Waals surface area (Å²) in [6.45, 7) is 0. The zero-order valence-electron chi connectivity index (χ0n) is 10.1. The lowest BCUT2D eigenvalue weighted by atomic mass is 10.1. The lowest BCUT2D eigenvalue weighted by molar-refractivity contribution is 0.100. The third-order valence-corrected chi connectivity index (χ3v) is 2.81. The minimum absolute atomic E-state index is 0. The highest BCUT2D eigenvalue weighted by Gasteiger charge is 2.08. The van der Waals surface area contributed by atoms with Gasteiger partial charge in [-0.15, -0.1) is 0 Å². The van der Waals surface area contributed by atoms with E-state index in [-0.39, 0.29) is 1.43 Å². The SMILES string of the molecule is NC(=O)c1cccc2cc3ccccc3nc12.[H+]. The number of nitrogens with two attached hydrogens (primary N) is 1. The van der Waals surface area contributed by atoms with Crippen LogP contribution in [-0.4, -0.2) is 10.9 Å². The molecule has 0 spiro atoms. The van der Waals surface area contributed by atoms with Gasteiger partial charge in [0.05, 0.1) is 16.6 Å². The van der Waals surface area contributed by atoms with Gasteiger partial charge in [-0.3, -0.25) is 4.79 Å². The number of amides is 1. The van der Waals surface area contributed by atoms with Crippen LogP contribution in [0.1, 0.15) is 11.8 Å². The number of benzene rings is 2. The van der Waals surface area contributed by atoms with Crippen LogP contribution in [0.15, 0.2) is 48.5 Å². The van der Waals surface area contributed by atoms with Crippen LogP contribution in [0.25, 0.3) is 21.8 Å². The molecular formula is C14H11N2O+. The molecule has 1 heterocycles. The first kappa shape index (κ1) is 9.78. The monoisotopic (exact) mass is 223 g/mol. The molecule has 0 saturated carbocycles. The van der Waals surface area contributed by atoms with Gasteiger partial charge in [0.1, 0.15) is 0 Å². The van der Waals surface area contributed by atoms with Crippen molar-refractivity contribution >= 4 is 27.7 Å². The van der Waals surface area contributed by atoms with Crippen LogP contribution in [0.5, 0.6) is 0 Å². The van der Waals surface area contributed by atoms with Gasteiger partial charge in [0.15, 0.2) is 0 Å². The molecule has 2 aromatic carbocycles. The van der Waals surface area contributed by atoms with Crippen molar-refractivity contribution in [2.45, 2.75) is 0 Å². The molecule has 17 heavy (non-hydrogen) atoms. The molecule has 0 radical (unpaired) electrons. The predicted octanol–water partition coefficient (Wildman–Crippen LogP) is 2.60. The Morgan fingerprint density at radius 1 is 1.06 bits per heavy atom. The largest absolute Gasteiger partial charge is 1.00 e. The summed E-state index contributed by atoms with van der Waals surface area (Å²) in [5.41, 5.74) is 7.35. The van der Waals surface area contributed by atoms with Crippen molar-refractivity contribution in [3.8, 4) is 0 Å². The van der Waals surface area contributed by atoms with Gasteiger partial charge >= 0.3 is 1.43 Å². The van der Waals surface area contributed by atoms with Gasteiger partial charge in [-0.25, -0.2) is 4.98 Å². The van der Waals surface area contributed by atoms with Gasteiger partial charge in [0.2, 0.25) is 0 Å². The van der Waals surface area contributed by atoms with E-state index >= 15 is 0 Å². The second-order valence-corrected chi connectivity index (χ2v) is 3.92. The van der Waals surface area contributed by atoms with Crippen LogP contribution in [-0.2, 0) is 0 Å². The number of hydrogen-bond donors (Lipinski definition) is 1. The topological polar surface area (TPSA) is 56.0 Å². The number of aromatic nitrogens is 1. The number of fused-ring (bicyclic) bond motifs is 2. The zero-order valence-corrected chi connectivity index (χ0v) is 9.05. The van der Waals surface area contributed by atoms with Gasteiger partial charge in [0, 0.05) is 10.8 Å². The summed E-state index contributed by atoms with van der Waals surface area (Å²) in [5.74, 6) is -0.446. The number of pyridine rings is 1. The van der Waals surface area contributed by atoms with Crippen LogP contribution >= 0.6 is 0 Å². The second kappa shape index (κ2) is 3.56. The number of carbonyl (C=O) groups is 1. The molecule has 2 N–H and O–H groups in total. The normalized spacial score (nSPS) is 10.8. The predicted molar refractivity (Wildman–Crippen MR) is 68.9 cm³/mol. The van der Waals surface area contributed by atoms with Gasteiger partial charge in [-0.1, -0.05) is 30.3 Å². The van der Waals surface area contributed by atoms with E-state index in [0.717, 1.165) is 16.3 Å². The van der Waals surface area contributed by atoms with Crippen molar-refractivity contribution in [2.75, 3.05) is 0 Å². The molecule has 3 heteroatoms. The van der Waals surface area contributed by atoms with Crippen LogP contribution < -0.4 is 5.73 Å². The summed E-state index contributed by atoms with van der Waals surface area (Å²) in [6, 6.07) is 15.3. The standard InChI is InChI=1S/C14H10N2O/c15-14(17)11-6-3-5-10-8-9-4-1-2-7-12(9)16-13(10)11/h1-8H,(H2,15,17)/p+1. The first-order valence-electron chi connectivity index (χ1n) is 5.34. The molecule has 0 unspecified atom stereocenters. The Hall–Kier alpha value is -2.42. The maximum Gasteiger partial charge on any atom is 1.00 e. The lowest BCUT2D eigenvalue weighted by Crippen LogP contribution is -2.11. The molecule has 0 aliphatic carbocycles. The van der Waals surface area contributed by atoms with Crippen molar-refractivity contribution in [3.63, 3.8) is 0 Å². The van der Waals surface area contributed by atoms with E-state index in [0.29, 0.717) is 11.1 Å². The summed E-state index contributed by atoms with van der Waals surface area (Å²) >= 11 is 0. The van der Waals surface area contributed by atoms with Crippen molar-refractivity contribution < 1.29 is 6.22 Å². The zero-order chi connectivity index (χ0) is 11.8. The number of hydrogen-bond acceptors (Lipinski definition) is 2. The Bertz CT molecular complexity index is 740. The first-order chi connectivity index (χ1) is 8.25. The Morgan fingerprint density at radius 2 is 1.82 bits per heavy atom. The van der Waals surface area contributed by atoms with E-state index < -0.39 is 5.91 Å². The van der Waals surface area contributed by atoms with E-state index in [2.05, 4.69) is 4.98 Å². The molecule has 1 amide bonds. The summed E-state index contributed by atoms with van der Waals surface area (Å²) < 4.78 is 0. The number of para-hydroxylation sites is 2. The molecule has 0 fully saturated rings. The first-order valence-corrected chi connectivity index (χ1v) is 5.34. The second-order valence-electron chi connectivity index (χ2n) is 3.92. The molecule has 3 aromatic rings. The molecule has 0 aliphatic heterocycles. The Kier molecular flexibility index (Phi) is 2.05. The van der Waals surface area contributed by atoms with Crippen molar-refractivity contribution in [2.24, 2.45) is 5.73 Å². The van der Waals surface area contributed by atoms with E-state index in [9.17, 15) is 4.79 Å². The Labute approximate surface area is 99.4 Å². The highest BCUT2D eigenvalue weighted by molar-refractivity contribution is 6.07. The highest BCUT2D eigenvalue weighted by atomic mass is 16.1. The Morgan fingerprint density at radius 3 is 2.65 bits per heavy atom. The molecule has 0 bridgehead atoms. The maximum atomic E-state index is 11.3. The fraction of sp³-hybridized carbons (Fsp3) is 0. The van der Waals surface area contributed by atoms with E-state index in [1.165, 1.54) is 0 Å². The van der Waals surface area contributed by atoms with Crippen LogP contribution in [0, 0.1) is 0 Å². The van der Waals surface area contributed by atoms with Crippen LogP contribution in [0.3, 0.4) is 0 Å². The van der Waals surface area contributed by atoms with Crippen molar-refractivity contribution in [3.05, 3.63) is 54.1 Å². The molecule has 0 saturated heterocycles. The van der Waals surface area contributed by atoms with Crippen molar-refractivity contribution in [1.82, 2.24) is 4.98 Å². The van der Waals surface area contributed by atoms with Crippen molar-refractivity contribution in [1.29, 1.82) is 0 Å². The molecule has 3 rings (SSSR count). The minimum atomic E-state index is -0.446. The number of nitrogens with zero attached hydrogens (tertiary/aromatic N) is 1. The number of primary amides is 1. The quantitative estimate of drug-likeness (QED) is 0.645. The number of carbonyl (C=O) groups excluding carboxylic acids is 1. The fourth-order valence-electron chi connectivity index (χ4n) is 2.00. The summed E-state index contributed by atoms with van der Waals surface area (Å²) in [7, 11) is 0. The Balaban J connectivity index is 0.00000120. The summed E-state index contributed by atoms with van der Waals surface area (Å²) in [6.07, 6.45) is 0. The fourth-order valence-corrected chi connectivity index (χ4v) is 2.00. The van der Waals surface area contributed by atoms with E-state index in [4.69, 9.17) is 5.73 Å². The van der Waals surface area contributed by atoms with Gasteiger partial charge < -0.3 is 5.73 Å². The van der Waals surface area contributed by atoms with Gasteiger partial charge in [-0.05, 0) is 18.2 Å². The van der Waals surface area contributed by atoms with Gasteiger partial charge in [0.25, 0.3) is 5.91 Å². The van der Waals surface area contributed by atoms with E-state index in [1.807, 2.05) is 42.5 Å². The molecular weight excluding hydrogens is 212 g/mol. The lowest BCUT2D eigenvalue weighted by Gasteiger charge is -2.04. The maximum absolute atomic E-state index is 11.3. The molecule has 0 aliphatic rings. The van der Waals surface area contributed by atoms with Crippen LogP contribution in [0.4, 0.5) is 0 Å². The molecule has 1 aromatic heterocycles. The summed E-state index contributed by atoms with van der Waals surface area (Å²) in [5, 5.41) is 1.99.